The molecule has 2 aliphatic heterocycles. The van der Waals surface area contributed by atoms with Crippen LogP contribution in [0.4, 0.5) is 30.6 Å². The first kappa shape index (κ1) is 38.0. The molecular formula is C33H49N12O6+. The van der Waals surface area contributed by atoms with Gasteiger partial charge in [-0.25, -0.2) is 28.9 Å². The van der Waals surface area contributed by atoms with E-state index in [-0.39, 0.29) is 73.8 Å². The third-order valence-corrected chi connectivity index (χ3v) is 9.20. The Kier molecular flexibility index (Phi) is 13.2. The largest absolute Gasteiger partial charge is 0.513 e. The molecule has 12 N–H and O–H groups in total. The molecule has 6 amide bonds. The summed E-state index contributed by atoms with van der Waals surface area (Å²) < 4.78 is -0.131. The number of carbonyl (C=O) groups excluding carboxylic acids is 2. The Morgan fingerprint density at radius 2 is 1.24 bits per heavy atom. The van der Waals surface area contributed by atoms with Gasteiger partial charge >= 0.3 is 24.2 Å². The summed E-state index contributed by atoms with van der Waals surface area (Å²) >= 11 is 0. The summed E-state index contributed by atoms with van der Waals surface area (Å²) in [4.78, 5) is 62.8. The predicted octanol–water partition coefficient (Wildman–Crippen LogP) is 1.65. The highest BCUT2D eigenvalue weighted by Crippen LogP contribution is 2.21. The summed E-state index contributed by atoms with van der Waals surface area (Å²) in [5.74, 6) is -0.0892. The number of carbonyl (C=O) groups is 4. The summed E-state index contributed by atoms with van der Waals surface area (Å²) in [6, 6.07) is 13.3. The van der Waals surface area contributed by atoms with E-state index in [2.05, 4.69) is 20.6 Å². The summed E-state index contributed by atoms with van der Waals surface area (Å²) in [6.45, 7) is 2.85. The van der Waals surface area contributed by atoms with Crippen molar-refractivity contribution in [3.8, 4) is 0 Å². The molecular weight excluding hydrogens is 660 g/mol. The third-order valence-electron chi connectivity index (χ3n) is 9.20. The molecule has 2 aromatic carbocycles. The Bertz CT molecular complexity index is 1570. The number of nitrogens with zero attached hydrogens (tertiary/aromatic N) is 6. The van der Waals surface area contributed by atoms with Crippen LogP contribution in [0.5, 0.6) is 0 Å². The average molecular weight is 710 g/mol. The fourth-order valence-electron chi connectivity index (χ4n) is 6.32. The lowest BCUT2D eigenvalue weighted by Crippen LogP contribution is -2.64. The third kappa shape index (κ3) is 11.1. The first-order valence-electron chi connectivity index (χ1n) is 16.9. The fourth-order valence-corrected chi connectivity index (χ4v) is 6.32. The minimum absolute atomic E-state index is 0.0407. The van der Waals surface area contributed by atoms with Crippen molar-refractivity contribution < 1.29 is 33.9 Å². The summed E-state index contributed by atoms with van der Waals surface area (Å²) in [6.07, 6.45) is 0.651. The van der Waals surface area contributed by atoms with E-state index in [4.69, 9.17) is 22.9 Å². The molecule has 2 saturated heterocycles. The molecule has 0 spiro atoms. The molecule has 0 aromatic heterocycles. The van der Waals surface area contributed by atoms with Crippen LogP contribution in [-0.4, -0.2) is 124 Å². The zero-order valence-electron chi connectivity index (χ0n) is 28.6. The van der Waals surface area contributed by atoms with Gasteiger partial charge in [0.25, 0.3) is 0 Å². The highest BCUT2D eigenvalue weighted by Gasteiger charge is 2.41. The molecule has 1 unspecified atom stereocenters. The fraction of sp³-hybridized carbons (Fsp3) is 0.455. The Hall–Kier alpha value is -5.78. The molecule has 0 saturated carbocycles. The van der Waals surface area contributed by atoms with Gasteiger partial charge in [0, 0.05) is 32.7 Å². The van der Waals surface area contributed by atoms with E-state index in [0.29, 0.717) is 63.2 Å². The molecule has 18 nitrogen and oxygen atoms in total. The van der Waals surface area contributed by atoms with Crippen molar-refractivity contribution in [2.75, 3.05) is 52.4 Å². The zero-order chi connectivity index (χ0) is 37.0. The maximum Gasteiger partial charge on any atom is 0.513 e. The molecule has 1 atom stereocenters. The number of piperazine rings is 2. The van der Waals surface area contributed by atoms with Crippen molar-refractivity contribution in [2.45, 2.75) is 44.8 Å². The minimum atomic E-state index is -1.03. The number of carboxylic acid groups (broad SMARTS) is 2. The van der Waals surface area contributed by atoms with Crippen molar-refractivity contribution >= 4 is 47.5 Å². The highest BCUT2D eigenvalue weighted by molar-refractivity contribution is 5.79. The molecule has 2 heterocycles. The van der Waals surface area contributed by atoms with Crippen LogP contribution in [-0.2, 0) is 13.1 Å². The first-order valence-corrected chi connectivity index (χ1v) is 16.9. The van der Waals surface area contributed by atoms with Crippen molar-refractivity contribution in [1.29, 1.82) is 0 Å². The second-order valence-electron chi connectivity index (χ2n) is 12.7. The van der Waals surface area contributed by atoms with Crippen LogP contribution in [0.25, 0.3) is 0 Å². The van der Waals surface area contributed by atoms with Gasteiger partial charge in [0.15, 0.2) is 11.9 Å². The molecule has 2 aliphatic rings. The lowest BCUT2D eigenvalue weighted by atomic mass is 10.0. The second-order valence-corrected chi connectivity index (χ2v) is 12.7. The van der Waals surface area contributed by atoms with Gasteiger partial charge < -0.3 is 58.5 Å². The predicted molar refractivity (Wildman–Crippen MR) is 191 cm³/mol. The number of amides is 6. The smallest absolute Gasteiger partial charge is 0.465 e. The summed E-state index contributed by atoms with van der Waals surface area (Å²) in [5, 5.41) is 25.6. The first-order chi connectivity index (χ1) is 24.3. The normalized spacial score (nSPS) is 16.9. The van der Waals surface area contributed by atoms with Gasteiger partial charge in [0.1, 0.15) is 13.1 Å². The Labute approximate surface area is 296 Å². The summed E-state index contributed by atoms with van der Waals surface area (Å²) in [5.41, 5.74) is 24.5. The summed E-state index contributed by atoms with van der Waals surface area (Å²) in [7, 11) is 0. The van der Waals surface area contributed by atoms with Gasteiger partial charge in [-0.15, -0.1) is 0 Å². The molecule has 2 aromatic rings. The monoisotopic (exact) mass is 709 g/mol. The van der Waals surface area contributed by atoms with Gasteiger partial charge in [-0.2, -0.15) is 4.79 Å². The topological polar surface area (TPSA) is 271 Å². The molecule has 0 bridgehead atoms. The molecule has 18 heteroatoms. The number of urea groups is 2. The maximum absolute atomic E-state index is 13.2. The van der Waals surface area contributed by atoms with E-state index in [0.717, 1.165) is 11.1 Å². The van der Waals surface area contributed by atoms with E-state index in [1.54, 1.807) is 34.1 Å². The molecule has 276 valence electrons. The van der Waals surface area contributed by atoms with Crippen LogP contribution >= 0.6 is 0 Å². The van der Waals surface area contributed by atoms with Crippen molar-refractivity contribution in [1.82, 2.24) is 25.3 Å². The van der Waals surface area contributed by atoms with E-state index >= 15 is 0 Å². The highest BCUT2D eigenvalue weighted by atomic mass is 16.4. The number of rotatable bonds is 12. The lowest BCUT2D eigenvalue weighted by molar-refractivity contribution is -0.861. The number of nitrogens with two attached hydrogens (primary N) is 4. The Balaban J connectivity index is 1.22. The second kappa shape index (κ2) is 17.7. The number of aliphatic imine (C=N–C) groups is 2. The number of benzene rings is 2. The molecule has 4 rings (SSSR count). The van der Waals surface area contributed by atoms with Crippen molar-refractivity contribution in [2.24, 2.45) is 32.9 Å². The number of hydrogen-bond donors (Lipinski definition) is 8. The minimum Gasteiger partial charge on any atom is -0.465 e. The number of hydrogen-bond acceptors (Lipinski definition) is 6. The van der Waals surface area contributed by atoms with Crippen LogP contribution in [0.2, 0.25) is 0 Å². The molecule has 0 aliphatic carbocycles. The van der Waals surface area contributed by atoms with E-state index < -0.39 is 12.2 Å². The van der Waals surface area contributed by atoms with E-state index in [1.165, 1.54) is 4.90 Å². The van der Waals surface area contributed by atoms with Gasteiger partial charge in [-0.3, -0.25) is 0 Å². The van der Waals surface area contributed by atoms with Crippen LogP contribution in [0.1, 0.15) is 36.8 Å². The maximum atomic E-state index is 13.2. The van der Waals surface area contributed by atoms with Crippen LogP contribution < -0.4 is 33.6 Å². The van der Waals surface area contributed by atoms with Crippen LogP contribution in [0.3, 0.4) is 0 Å². The SMILES string of the molecule is NC(N)=Nc1ccc(CNC(=O)N2CC[N+](CCCCCC3CN(C(=O)O)CCN3C(=O)NCc3ccc(N=C(N)N)cc3)(C(=O)O)CC2)cc1. The standard InChI is InChI=1S/C33H48N12O6/c34-28(35)40-25-9-5-23(6-10-25)20-38-30(46)42-15-18-45(19-16-42,33(50)51)17-3-1-2-4-27-22-43(32(48)49)13-14-44(27)31(47)39-21-24-7-11-26(12-8-24)41-29(36)37/h5-12,27H,1-4,13-22H2,(H11-,34,35,36,37,38,39,40,41,46,47,48,49,50,51)/p+1. The number of nitrogens with one attached hydrogen (secondary N) is 2. The van der Waals surface area contributed by atoms with Crippen LogP contribution in [0, 0.1) is 0 Å². The van der Waals surface area contributed by atoms with Gasteiger partial charge in [0.2, 0.25) is 0 Å². The number of quaternary nitrogens is 1. The molecule has 0 radical (unpaired) electrons. The van der Waals surface area contributed by atoms with Crippen molar-refractivity contribution in [3.63, 3.8) is 0 Å². The average Bonchev–Trinajstić information content (AvgIpc) is 3.10. The number of unbranched alkanes of at least 4 members (excludes halogenated alkanes) is 2. The zero-order valence-corrected chi connectivity index (χ0v) is 28.6. The Morgan fingerprint density at radius 1 is 0.706 bits per heavy atom. The molecule has 2 fully saturated rings. The van der Waals surface area contributed by atoms with E-state index in [9.17, 15) is 29.4 Å². The Morgan fingerprint density at radius 3 is 1.73 bits per heavy atom. The lowest BCUT2D eigenvalue weighted by Gasteiger charge is -2.41. The quantitative estimate of drug-likeness (QED) is 0.0683. The van der Waals surface area contributed by atoms with Gasteiger partial charge in [-0.05, 0) is 54.7 Å². The van der Waals surface area contributed by atoms with E-state index in [1.807, 2.05) is 24.3 Å². The van der Waals surface area contributed by atoms with Crippen LogP contribution in [0.15, 0.2) is 58.5 Å². The molecule has 51 heavy (non-hydrogen) atoms. The number of guanidine groups is 2. The van der Waals surface area contributed by atoms with Gasteiger partial charge in [-0.1, -0.05) is 30.7 Å². The van der Waals surface area contributed by atoms with Crippen molar-refractivity contribution in [3.05, 3.63) is 59.7 Å². The van der Waals surface area contributed by atoms with Gasteiger partial charge in [0.05, 0.1) is 37.1 Å².